The van der Waals surface area contributed by atoms with Gasteiger partial charge in [0.05, 0.1) is 12.2 Å². The lowest BCUT2D eigenvalue weighted by atomic mass is 9.92. The molecule has 0 spiro atoms. The molecule has 0 amide bonds. The highest BCUT2D eigenvalue weighted by Crippen LogP contribution is 2.32. The number of rotatable bonds is 5. The molecule has 0 aromatic heterocycles. The zero-order chi connectivity index (χ0) is 14.6. The monoisotopic (exact) mass is 288 g/mol. The third kappa shape index (κ3) is 3.88. The van der Waals surface area contributed by atoms with Gasteiger partial charge in [0.2, 0.25) is 0 Å². The highest BCUT2D eigenvalue weighted by molar-refractivity contribution is 5.28. The molecule has 1 unspecified atom stereocenters. The van der Waals surface area contributed by atoms with E-state index in [0.717, 1.165) is 25.0 Å². The fraction of sp³-hybridized carbons (Fsp3) is 0.600. The summed E-state index contributed by atoms with van der Waals surface area (Å²) < 4.78 is 42.8. The van der Waals surface area contributed by atoms with Crippen LogP contribution in [0.25, 0.3) is 0 Å². The standard InChI is InChI=1S/C15H19F3O2/c16-15(17,18)13-5-7-14(8-6-13)20-10-12(9-19)11-3-1-2-4-11/h5-8,11-12,19H,1-4,9-10H2. The summed E-state index contributed by atoms with van der Waals surface area (Å²) in [6.45, 7) is 0.415. The van der Waals surface area contributed by atoms with Crippen LogP contribution in [0.5, 0.6) is 5.75 Å². The predicted molar refractivity (Wildman–Crippen MR) is 69.5 cm³/mol. The fourth-order valence-electron chi connectivity index (χ4n) is 2.71. The third-order valence-electron chi connectivity index (χ3n) is 3.95. The van der Waals surface area contributed by atoms with Gasteiger partial charge in [-0.3, -0.25) is 0 Å². The van der Waals surface area contributed by atoms with Crippen LogP contribution in [0.4, 0.5) is 13.2 Å². The van der Waals surface area contributed by atoms with E-state index in [1.165, 1.54) is 25.0 Å². The van der Waals surface area contributed by atoms with Gasteiger partial charge in [-0.1, -0.05) is 12.8 Å². The largest absolute Gasteiger partial charge is 0.493 e. The first-order valence-electron chi connectivity index (χ1n) is 6.91. The van der Waals surface area contributed by atoms with E-state index in [2.05, 4.69) is 0 Å². The second-order valence-corrected chi connectivity index (χ2v) is 5.32. The number of hydrogen-bond acceptors (Lipinski definition) is 2. The Kier molecular flexibility index (Phi) is 4.91. The summed E-state index contributed by atoms with van der Waals surface area (Å²) in [7, 11) is 0. The minimum absolute atomic E-state index is 0.0608. The molecule has 0 bridgehead atoms. The van der Waals surface area contributed by atoms with Gasteiger partial charge in [0.1, 0.15) is 5.75 Å². The van der Waals surface area contributed by atoms with Crippen molar-refractivity contribution >= 4 is 0 Å². The Hall–Kier alpha value is -1.23. The van der Waals surface area contributed by atoms with Crippen LogP contribution in [0.15, 0.2) is 24.3 Å². The highest BCUT2D eigenvalue weighted by atomic mass is 19.4. The van der Waals surface area contributed by atoms with Gasteiger partial charge in [-0.15, -0.1) is 0 Å². The number of hydrogen-bond donors (Lipinski definition) is 1. The number of aliphatic hydroxyl groups excluding tert-OH is 1. The molecule has 1 aromatic rings. The Morgan fingerprint density at radius 2 is 1.75 bits per heavy atom. The summed E-state index contributed by atoms with van der Waals surface area (Å²) in [5.74, 6) is 0.948. The average Bonchev–Trinajstić information content (AvgIpc) is 2.93. The van der Waals surface area contributed by atoms with Gasteiger partial charge in [-0.25, -0.2) is 0 Å². The molecular weight excluding hydrogens is 269 g/mol. The molecule has 2 rings (SSSR count). The van der Waals surface area contributed by atoms with Gasteiger partial charge in [-0.05, 0) is 43.0 Å². The number of aliphatic hydroxyl groups is 1. The molecule has 1 atom stereocenters. The van der Waals surface area contributed by atoms with Gasteiger partial charge in [0.25, 0.3) is 0 Å². The molecule has 1 aliphatic rings. The second kappa shape index (κ2) is 6.48. The number of halogens is 3. The molecule has 1 aromatic carbocycles. The molecule has 2 nitrogen and oxygen atoms in total. The molecular formula is C15H19F3O2. The van der Waals surface area contributed by atoms with Crippen LogP contribution in [-0.4, -0.2) is 18.3 Å². The smallest absolute Gasteiger partial charge is 0.416 e. The lowest BCUT2D eigenvalue weighted by Gasteiger charge is -2.21. The van der Waals surface area contributed by atoms with Crippen molar-refractivity contribution in [2.75, 3.05) is 13.2 Å². The van der Waals surface area contributed by atoms with E-state index < -0.39 is 11.7 Å². The minimum Gasteiger partial charge on any atom is -0.493 e. The topological polar surface area (TPSA) is 29.5 Å². The van der Waals surface area contributed by atoms with E-state index in [-0.39, 0.29) is 12.5 Å². The Labute approximate surface area is 116 Å². The maximum atomic E-state index is 12.4. The van der Waals surface area contributed by atoms with E-state index in [4.69, 9.17) is 4.74 Å². The Morgan fingerprint density at radius 1 is 1.15 bits per heavy atom. The van der Waals surface area contributed by atoms with Crippen LogP contribution < -0.4 is 4.74 Å². The zero-order valence-electron chi connectivity index (χ0n) is 11.2. The van der Waals surface area contributed by atoms with Crippen LogP contribution in [0, 0.1) is 11.8 Å². The van der Waals surface area contributed by atoms with Crippen molar-refractivity contribution < 1.29 is 23.0 Å². The first-order valence-corrected chi connectivity index (χ1v) is 6.91. The maximum absolute atomic E-state index is 12.4. The van der Waals surface area contributed by atoms with Crippen molar-refractivity contribution in [2.24, 2.45) is 11.8 Å². The van der Waals surface area contributed by atoms with Crippen LogP contribution in [0.2, 0.25) is 0 Å². The van der Waals surface area contributed by atoms with Gasteiger partial charge < -0.3 is 9.84 Å². The van der Waals surface area contributed by atoms with E-state index in [1.54, 1.807) is 0 Å². The molecule has 1 N–H and O–H groups in total. The SMILES string of the molecule is OCC(COc1ccc(C(F)(F)F)cc1)C1CCCC1. The molecule has 112 valence electrons. The summed E-state index contributed by atoms with van der Waals surface area (Å²) >= 11 is 0. The van der Waals surface area contributed by atoms with Crippen molar-refractivity contribution in [3.05, 3.63) is 29.8 Å². The van der Waals surface area contributed by atoms with E-state index in [0.29, 0.717) is 18.3 Å². The van der Waals surface area contributed by atoms with Crippen LogP contribution in [-0.2, 0) is 6.18 Å². The second-order valence-electron chi connectivity index (χ2n) is 5.32. The predicted octanol–water partition coefficient (Wildman–Crippen LogP) is 3.88. The molecule has 0 saturated heterocycles. The number of alkyl halides is 3. The van der Waals surface area contributed by atoms with Gasteiger partial charge >= 0.3 is 6.18 Å². The van der Waals surface area contributed by atoms with Crippen molar-refractivity contribution in [3.8, 4) is 5.75 Å². The normalized spacial score (nSPS) is 18.2. The lowest BCUT2D eigenvalue weighted by Crippen LogP contribution is -2.23. The van der Waals surface area contributed by atoms with E-state index in [1.807, 2.05) is 0 Å². The van der Waals surface area contributed by atoms with Crippen LogP contribution >= 0.6 is 0 Å². The molecule has 20 heavy (non-hydrogen) atoms. The van der Waals surface area contributed by atoms with E-state index in [9.17, 15) is 18.3 Å². The van der Waals surface area contributed by atoms with Crippen LogP contribution in [0.3, 0.4) is 0 Å². The zero-order valence-corrected chi connectivity index (χ0v) is 11.2. The first-order chi connectivity index (χ1) is 9.50. The highest BCUT2D eigenvalue weighted by Gasteiger charge is 2.30. The quantitative estimate of drug-likeness (QED) is 0.891. The molecule has 5 heteroatoms. The molecule has 0 heterocycles. The van der Waals surface area contributed by atoms with Gasteiger partial charge in [-0.2, -0.15) is 13.2 Å². The average molecular weight is 288 g/mol. The Morgan fingerprint density at radius 3 is 2.25 bits per heavy atom. The van der Waals surface area contributed by atoms with Crippen molar-refractivity contribution in [3.63, 3.8) is 0 Å². The molecule has 1 aliphatic carbocycles. The first kappa shape index (κ1) is 15.2. The fourth-order valence-corrected chi connectivity index (χ4v) is 2.71. The third-order valence-corrected chi connectivity index (χ3v) is 3.95. The molecule has 1 fully saturated rings. The van der Waals surface area contributed by atoms with Gasteiger partial charge in [0.15, 0.2) is 0 Å². The summed E-state index contributed by atoms with van der Waals surface area (Å²) in [5, 5.41) is 9.39. The number of benzene rings is 1. The van der Waals surface area contributed by atoms with Crippen molar-refractivity contribution in [1.29, 1.82) is 0 Å². The molecule has 0 aliphatic heterocycles. The summed E-state index contributed by atoms with van der Waals surface area (Å²) in [6, 6.07) is 4.68. The molecule has 1 saturated carbocycles. The Balaban J connectivity index is 1.89. The molecule has 0 radical (unpaired) electrons. The summed E-state index contributed by atoms with van der Waals surface area (Å²) in [5.41, 5.74) is -0.681. The lowest BCUT2D eigenvalue weighted by molar-refractivity contribution is -0.137. The summed E-state index contributed by atoms with van der Waals surface area (Å²) in [6.07, 6.45) is 0.238. The summed E-state index contributed by atoms with van der Waals surface area (Å²) in [4.78, 5) is 0. The van der Waals surface area contributed by atoms with Gasteiger partial charge in [0, 0.05) is 12.5 Å². The van der Waals surface area contributed by atoms with Crippen LogP contribution in [0.1, 0.15) is 31.2 Å². The van der Waals surface area contributed by atoms with Crippen molar-refractivity contribution in [1.82, 2.24) is 0 Å². The number of ether oxygens (including phenoxy) is 1. The van der Waals surface area contributed by atoms with Crippen molar-refractivity contribution in [2.45, 2.75) is 31.9 Å². The minimum atomic E-state index is -4.32. The Bertz CT molecular complexity index is 408. The maximum Gasteiger partial charge on any atom is 0.416 e. The van der Waals surface area contributed by atoms with E-state index >= 15 is 0 Å².